The summed E-state index contributed by atoms with van der Waals surface area (Å²) < 4.78 is 27.2. The summed E-state index contributed by atoms with van der Waals surface area (Å²) in [5.74, 6) is 0.463. The maximum Gasteiger partial charge on any atom is 0.214 e. The van der Waals surface area contributed by atoms with Crippen LogP contribution in [-0.2, 0) is 10.0 Å². The van der Waals surface area contributed by atoms with Gasteiger partial charge in [0.05, 0.1) is 18.1 Å². The first kappa shape index (κ1) is 17.1. The Morgan fingerprint density at radius 3 is 2.71 bits per heavy atom. The second-order valence-electron chi connectivity index (χ2n) is 6.54. The van der Waals surface area contributed by atoms with Crippen molar-refractivity contribution in [1.82, 2.24) is 18.9 Å². The minimum absolute atomic E-state index is 0.0664. The zero-order valence-electron chi connectivity index (χ0n) is 14.3. The number of hydrogen-bond acceptors (Lipinski definition) is 6. The zero-order chi connectivity index (χ0) is 17.6. The lowest BCUT2D eigenvalue weighted by atomic mass is 10.1. The lowest BCUT2D eigenvalue weighted by Crippen LogP contribution is -2.33. The van der Waals surface area contributed by atoms with Gasteiger partial charge in [0.25, 0.3) is 0 Å². The predicted octanol–water partition coefficient (Wildman–Crippen LogP) is 0.0346. The van der Waals surface area contributed by atoms with E-state index in [4.69, 9.17) is 0 Å². The second kappa shape index (κ2) is 5.98. The minimum Gasteiger partial charge on any atom is -0.391 e. The van der Waals surface area contributed by atoms with E-state index < -0.39 is 16.1 Å². The van der Waals surface area contributed by atoms with Gasteiger partial charge in [-0.05, 0) is 13.8 Å². The molecule has 0 spiro atoms. The molecule has 132 valence electrons. The van der Waals surface area contributed by atoms with Gasteiger partial charge < -0.3 is 10.0 Å². The van der Waals surface area contributed by atoms with E-state index in [1.54, 1.807) is 10.7 Å². The highest BCUT2D eigenvalue weighted by atomic mass is 32.2. The van der Waals surface area contributed by atoms with Gasteiger partial charge in [-0.2, -0.15) is 9.61 Å². The third-order valence-corrected chi connectivity index (χ3v) is 6.63. The van der Waals surface area contributed by atoms with Crippen molar-refractivity contribution in [3.63, 3.8) is 0 Å². The minimum atomic E-state index is -3.36. The number of β-amino-alcohol motifs (C(OH)–C–C–N with tert-alkyl or cyclic N) is 1. The van der Waals surface area contributed by atoms with Crippen LogP contribution in [0.3, 0.4) is 0 Å². The Morgan fingerprint density at radius 1 is 1.33 bits per heavy atom. The molecule has 0 radical (unpaired) electrons. The van der Waals surface area contributed by atoms with Gasteiger partial charge in [0.15, 0.2) is 5.65 Å². The SMILES string of the molecule is Cc1nc2ccnn2c(N2C[C@@H](CS(=O)(=O)N(C)C)[C@@H](O)C2)c1C. The van der Waals surface area contributed by atoms with E-state index >= 15 is 0 Å². The van der Waals surface area contributed by atoms with Gasteiger partial charge >= 0.3 is 0 Å². The van der Waals surface area contributed by atoms with Gasteiger partial charge in [-0.1, -0.05) is 0 Å². The Labute approximate surface area is 141 Å². The monoisotopic (exact) mass is 353 g/mol. The van der Waals surface area contributed by atoms with Crippen LogP contribution < -0.4 is 4.90 Å². The molecule has 3 heterocycles. The first-order valence-electron chi connectivity index (χ1n) is 7.85. The van der Waals surface area contributed by atoms with E-state index in [9.17, 15) is 13.5 Å². The molecule has 1 fully saturated rings. The molecule has 0 saturated carbocycles. The van der Waals surface area contributed by atoms with Crippen molar-refractivity contribution >= 4 is 21.5 Å². The third-order valence-electron chi connectivity index (χ3n) is 4.67. The molecule has 0 aliphatic carbocycles. The molecule has 0 unspecified atom stereocenters. The Bertz CT molecular complexity index is 861. The molecule has 3 rings (SSSR count). The molecule has 1 saturated heterocycles. The molecule has 2 aromatic rings. The van der Waals surface area contributed by atoms with Crippen molar-refractivity contribution in [2.45, 2.75) is 20.0 Å². The summed E-state index contributed by atoms with van der Waals surface area (Å²) in [6.07, 6.45) is 0.990. The first-order chi connectivity index (χ1) is 11.2. The van der Waals surface area contributed by atoms with Crippen LogP contribution in [0.2, 0.25) is 0 Å². The van der Waals surface area contributed by atoms with Crippen molar-refractivity contribution in [3.05, 3.63) is 23.5 Å². The number of anilines is 1. The van der Waals surface area contributed by atoms with E-state index in [1.807, 2.05) is 24.8 Å². The Kier molecular flexibility index (Phi) is 4.27. The molecule has 2 atom stereocenters. The average molecular weight is 353 g/mol. The molecule has 9 heteroatoms. The molecular formula is C15H23N5O3S. The topological polar surface area (TPSA) is 91.0 Å². The largest absolute Gasteiger partial charge is 0.391 e. The Morgan fingerprint density at radius 2 is 2.04 bits per heavy atom. The van der Waals surface area contributed by atoms with E-state index in [1.165, 1.54) is 18.4 Å². The lowest BCUT2D eigenvalue weighted by Gasteiger charge is -2.22. The quantitative estimate of drug-likeness (QED) is 0.834. The molecule has 0 bridgehead atoms. The number of hydrogen-bond donors (Lipinski definition) is 1. The fraction of sp³-hybridized carbons (Fsp3) is 0.600. The van der Waals surface area contributed by atoms with Crippen molar-refractivity contribution in [3.8, 4) is 0 Å². The van der Waals surface area contributed by atoms with Crippen molar-refractivity contribution in [2.24, 2.45) is 5.92 Å². The fourth-order valence-electron chi connectivity index (χ4n) is 3.10. The highest BCUT2D eigenvalue weighted by molar-refractivity contribution is 7.89. The molecule has 0 amide bonds. The number of aliphatic hydroxyl groups is 1. The Hall–Kier alpha value is -1.71. The summed E-state index contributed by atoms with van der Waals surface area (Å²) in [7, 11) is -0.334. The standard InChI is InChI=1S/C15H23N5O3S/c1-10-11(2)17-14-5-6-16-20(14)15(10)19-7-12(13(21)8-19)9-24(22,23)18(3)4/h5-6,12-13,21H,7-9H2,1-4H3/t12-,13-/m0/s1. The van der Waals surface area contributed by atoms with Crippen LogP contribution in [-0.4, -0.2) is 71.5 Å². The highest BCUT2D eigenvalue weighted by Crippen LogP contribution is 2.29. The van der Waals surface area contributed by atoms with E-state index in [2.05, 4.69) is 10.1 Å². The number of sulfonamides is 1. The van der Waals surface area contributed by atoms with Crippen LogP contribution in [0.15, 0.2) is 12.3 Å². The van der Waals surface area contributed by atoms with E-state index in [0.29, 0.717) is 13.1 Å². The van der Waals surface area contributed by atoms with Crippen LogP contribution in [0.4, 0.5) is 5.82 Å². The van der Waals surface area contributed by atoms with Crippen LogP contribution >= 0.6 is 0 Å². The molecular weight excluding hydrogens is 330 g/mol. The highest BCUT2D eigenvalue weighted by Gasteiger charge is 2.37. The van der Waals surface area contributed by atoms with Crippen molar-refractivity contribution < 1.29 is 13.5 Å². The summed E-state index contributed by atoms with van der Waals surface area (Å²) in [5, 5.41) is 14.7. The summed E-state index contributed by atoms with van der Waals surface area (Å²) in [4.78, 5) is 6.50. The number of aliphatic hydroxyl groups excluding tert-OH is 1. The van der Waals surface area contributed by atoms with Gasteiger partial charge in [0, 0.05) is 50.4 Å². The van der Waals surface area contributed by atoms with Gasteiger partial charge in [-0.15, -0.1) is 0 Å². The molecule has 1 aliphatic heterocycles. The Balaban J connectivity index is 1.93. The van der Waals surface area contributed by atoms with Gasteiger partial charge in [0.1, 0.15) is 5.82 Å². The number of rotatable bonds is 4. The number of nitrogens with zero attached hydrogens (tertiary/aromatic N) is 5. The predicted molar refractivity (Wildman–Crippen MR) is 91.6 cm³/mol. The normalized spacial score (nSPS) is 22.0. The fourth-order valence-corrected chi connectivity index (χ4v) is 4.27. The lowest BCUT2D eigenvalue weighted by molar-refractivity contribution is 0.157. The number of aryl methyl sites for hydroxylation is 1. The molecule has 2 aromatic heterocycles. The number of fused-ring (bicyclic) bond motifs is 1. The van der Waals surface area contributed by atoms with Crippen molar-refractivity contribution in [2.75, 3.05) is 37.8 Å². The maximum absolute atomic E-state index is 12.1. The molecule has 0 aromatic carbocycles. The van der Waals surface area contributed by atoms with Crippen molar-refractivity contribution in [1.29, 1.82) is 0 Å². The van der Waals surface area contributed by atoms with Crippen LogP contribution in [0.5, 0.6) is 0 Å². The summed E-state index contributed by atoms with van der Waals surface area (Å²) in [6.45, 7) is 4.75. The molecule has 24 heavy (non-hydrogen) atoms. The summed E-state index contributed by atoms with van der Waals surface area (Å²) in [5.41, 5.74) is 2.62. The van der Waals surface area contributed by atoms with Gasteiger partial charge in [0.2, 0.25) is 10.0 Å². The van der Waals surface area contributed by atoms with E-state index in [0.717, 1.165) is 22.7 Å². The third kappa shape index (κ3) is 2.87. The van der Waals surface area contributed by atoms with E-state index in [-0.39, 0.29) is 11.7 Å². The summed E-state index contributed by atoms with van der Waals surface area (Å²) in [6, 6.07) is 1.83. The van der Waals surface area contributed by atoms with Crippen LogP contribution in [0.1, 0.15) is 11.3 Å². The molecule has 1 aliphatic rings. The molecule has 8 nitrogen and oxygen atoms in total. The second-order valence-corrected chi connectivity index (χ2v) is 8.77. The van der Waals surface area contributed by atoms with Gasteiger partial charge in [-0.3, -0.25) is 0 Å². The molecule has 1 N–H and O–H groups in total. The van der Waals surface area contributed by atoms with Crippen LogP contribution in [0.25, 0.3) is 5.65 Å². The summed E-state index contributed by atoms with van der Waals surface area (Å²) >= 11 is 0. The van der Waals surface area contributed by atoms with Crippen LogP contribution in [0, 0.1) is 19.8 Å². The first-order valence-corrected chi connectivity index (χ1v) is 9.46. The maximum atomic E-state index is 12.1. The number of aromatic nitrogens is 3. The average Bonchev–Trinajstić information content (AvgIpc) is 3.07. The van der Waals surface area contributed by atoms with Gasteiger partial charge in [-0.25, -0.2) is 17.7 Å². The zero-order valence-corrected chi connectivity index (χ0v) is 15.2. The smallest absolute Gasteiger partial charge is 0.214 e.